The lowest BCUT2D eigenvalue weighted by Gasteiger charge is -2.08. The van der Waals surface area contributed by atoms with Crippen molar-refractivity contribution in [3.63, 3.8) is 0 Å². The standard InChI is InChI=1S/C17H14BrCl2N3O2/c1-10(22-23-17(25)11-4-2-5-12(18)9-11)8-15(24)21-14-7-3-6-13(19)16(14)20/h2-7,9H,8H2,1H3,(H,21,24)(H,23,25)/b22-10+. The van der Waals surface area contributed by atoms with Crippen molar-refractivity contribution in [2.45, 2.75) is 13.3 Å². The van der Waals surface area contributed by atoms with E-state index in [1.54, 1.807) is 43.3 Å². The molecule has 0 heterocycles. The maximum absolute atomic E-state index is 12.0. The summed E-state index contributed by atoms with van der Waals surface area (Å²) < 4.78 is 0.790. The zero-order valence-electron chi connectivity index (χ0n) is 13.1. The molecule has 0 spiro atoms. The highest BCUT2D eigenvalue weighted by atomic mass is 79.9. The van der Waals surface area contributed by atoms with Gasteiger partial charge in [0.1, 0.15) is 0 Å². The van der Waals surface area contributed by atoms with Crippen LogP contribution in [-0.2, 0) is 4.79 Å². The van der Waals surface area contributed by atoms with Gasteiger partial charge < -0.3 is 5.32 Å². The van der Waals surface area contributed by atoms with Crippen LogP contribution in [0.3, 0.4) is 0 Å². The fourth-order valence-electron chi connectivity index (χ4n) is 1.91. The summed E-state index contributed by atoms with van der Waals surface area (Å²) in [5.41, 5.74) is 3.74. The van der Waals surface area contributed by atoms with Crippen LogP contribution in [0.5, 0.6) is 0 Å². The molecule has 2 aromatic rings. The lowest BCUT2D eigenvalue weighted by atomic mass is 10.2. The Balaban J connectivity index is 1.93. The Hall–Kier alpha value is -1.89. The van der Waals surface area contributed by atoms with E-state index in [0.717, 1.165) is 4.47 Å². The molecule has 0 aliphatic rings. The predicted octanol–water partition coefficient (Wildman–Crippen LogP) is 4.89. The average molecular weight is 443 g/mol. The van der Waals surface area contributed by atoms with Crippen molar-refractivity contribution in [1.29, 1.82) is 0 Å². The van der Waals surface area contributed by atoms with E-state index in [0.29, 0.717) is 22.0 Å². The second-order valence-electron chi connectivity index (χ2n) is 5.12. The lowest BCUT2D eigenvalue weighted by Crippen LogP contribution is -2.21. The number of amides is 2. The molecule has 2 N–H and O–H groups in total. The number of carbonyl (C=O) groups is 2. The maximum Gasteiger partial charge on any atom is 0.271 e. The molecule has 2 amide bonds. The van der Waals surface area contributed by atoms with Crippen LogP contribution in [0.1, 0.15) is 23.7 Å². The molecular formula is C17H14BrCl2N3O2. The van der Waals surface area contributed by atoms with Gasteiger partial charge in [-0.25, -0.2) is 5.43 Å². The first-order valence-corrected chi connectivity index (χ1v) is 8.74. The summed E-state index contributed by atoms with van der Waals surface area (Å²) in [5.74, 6) is -0.680. The molecule has 2 aromatic carbocycles. The Kier molecular flexibility index (Phi) is 6.99. The molecular weight excluding hydrogens is 429 g/mol. The second kappa shape index (κ2) is 8.99. The molecule has 0 aliphatic carbocycles. The largest absolute Gasteiger partial charge is 0.324 e. The molecule has 0 fully saturated rings. The number of nitrogens with zero attached hydrogens (tertiary/aromatic N) is 1. The Morgan fingerprint density at radius 1 is 1.16 bits per heavy atom. The van der Waals surface area contributed by atoms with E-state index in [1.165, 1.54) is 0 Å². The van der Waals surface area contributed by atoms with Gasteiger partial charge in [-0.3, -0.25) is 9.59 Å². The van der Waals surface area contributed by atoms with Gasteiger partial charge in [0, 0.05) is 15.7 Å². The summed E-state index contributed by atoms with van der Waals surface area (Å²) in [7, 11) is 0. The lowest BCUT2D eigenvalue weighted by molar-refractivity contribution is -0.115. The molecule has 0 unspecified atom stereocenters. The van der Waals surface area contributed by atoms with E-state index in [-0.39, 0.29) is 23.3 Å². The van der Waals surface area contributed by atoms with Crippen molar-refractivity contribution in [3.05, 3.63) is 62.5 Å². The molecule has 0 saturated heterocycles. The van der Waals surface area contributed by atoms with Gasteiger partial charge in [-0.15, -0.1) is 0 Å². The number of hydrogen-bond acceptors (Lipinski definition) is 3. The van der Waals surface area contributed by atoms with Gasteiger partial charge >= 0.3 is 0 Å². The molecule has 0 atom stereocenters. The summed E-state index contributed by atoms with van der Waals surface area (Å²) in [4.78, 5) is 24.0. The van der Waals surface area contributed by atoms with Crippen molar-refractivity contribution in [2.75, 3.05) is 5.32 Å². The van der Waals surface area contributed by atoms with E-state index in [1.807, 2.05) is 6.07 Å². The highest BCUT2D eigenvalue weighted by Crippen LogP contribution is 2.29. The number of nitrogens with one attached hydrogen (secondary N) is 2. The third kappa shape index (κ3) is 5.85. The summed E-state index contributed by atoms with van der Waals surface area (Å²) in [6, 6.07) is 11.9. The Labute approximate surface area is 163 Å². The first-order chi connectivity index (χ1) is 11.9. The zero-order chi connectivity index (χ0) is 18.4. The monoisotopic (exact) mass is 441 g/mol. The molecule has 5 nitrogen and oxygen atoms in total. The molecule has 25 heavy (non-hydrogen) atoms. The van der Waals surface area contributed by atoms with Gasteiger partial charge in [0.2, 0.25) is 5.91 Å². The SMILES string of the molecule is C/C(CC(=O)Nc1cccc(Cl)c1Cl)=N\NC(=O)c1cccc(Br)c1. The minimum atomic E-state index is -0.362. The Morgan fingerprint density at radius 3 is 2.60 bits per heavy atom. The summed E-state index contributed by atoms with van der Waals surface area (Å²) >= 11 is 15.2. The molecule has 2 rings (SSSR count). The second-order valence-corrected chi connectivity index (χ2v) is 6.83. The van der Waals surface area contributed by atoms with Crippen LogP contribution >= 0.6 is 39.1 Å². The highest BCUT2D eigenvalue weighted by molar-refractivity contribution is 9.10. The third-order valence-electron chi connectivity index (χ3n) is 3.08. The third-order valence-corrected chi connectivity index (χ3v) is 4.39. The number of benzene rings is 2. The Morgan fingerprint density at radius 2 is 1.88 bits per heavy atom. The first kappa shape index (κ1) is 19.4. The van der Waals surface area contributed by atoms with E-state index in [2.05, 4.69) is 31.8 Å². The maximum atomic E-state index is 12.0. The van der Waals surface area contributed by atoms with Crippen molar-refractivity contribution < 1.29 is 9.59 Å². The van der Waals surface area contributed by atoms with Crippen molar-refractivity contribution >= 4 is 62.3 Å². The quantitative estimate of drug-likeness (QED) is 0.511. The minimum Gasteiger partial charge on any atom is -0.324 e. The van der Waals surface area contributed by atoms with E-state index in [4.69, 9.17) is 23.2 Å². The molecule has 8 heteroatoms. The first-order valence-electron chi connectivity index (χ1n) is 7.19. The van der Waals surface area contributed by atoms with E-state index >= 15 is 0 Å². The fraction of sp³-hybridized carbons (Fsp3) is 0.118. The normalized spacial score (nSPS) is 11.1. The number of carbonyl (C=O) groups excluding carboxylic acids is 2. The van der Waals surface area contributed by atoms with Gasteiger partial charge in [0.05, 0.1) is 22.2 Å². The average Bonchev–Trinajstić information content (AvgIpc) is 2.56. The molecule has 0 bridgehead atoms. The molecule has 0 aliphatic heterocycles. The zero-order valence-corrected chi connectivity index (χ0v) is 16.2. The molecule has 130 valence electrons. The van der Waals surface area contributed by atoms with Gasteiger partial charge in [0.25, 0.3) is 5.91 Å². The number of rotatable bonds is 5. The number of hydrogen-bond donors (Lipinski definition) is 2. The van der Waals surface area contributed by atoms with Crippen molar-refractivity contribution in [3.8, 4) is 0 Å². The van der Waals surface area contributed by atoms with Crippen LogP contribution < -0.4 is 10.7 Å². The van der Waals surface area contributed by atoms with Gasteiger partial charge in [-0.05, 0) is 37.3 Å². The van der Waals surface area contributed by atoms with Gasteiger partial charge in [-0.1, -0.05) is 51.3 Å². The van der Waals surface area contributed by atoms with Gasteiger partial charge in [-0.2, -0.15) is 5.10 Å². The molecule has 0 radical (unpaired) electrons. The predicted molar refractivity (Wildman–Crippen MR) is 104 cm³/mol. The number of hydrazone groups is 1. The van der Waals surface area contributed by atoms with E-state index < -0.39 is 0 Å². The van der Waals surface area contributed by atoms with Crippen LogP contribution in [0.4, 0.5) is 5.69 Å². The number of halogens is 3. The molecule has 0 aromatic heterocycles. The van der Waals surface area contributed by atoms with Crippen molar-refractivity contribution in [2.24, 2.45) is 5.10 Å². The summed E-state index contributed by atoms with van der Waals surface area (Å²) in [6.07, 6.45) is 0.00159. The Bertz CT molecular complexity index is 840. The van der Waals surface area contributed by atoms with Crippen LogP contribution in [0.25, 0.3) is 0 Å². The van der Waals surface area contributed by atoms with Crippen molar-refractivity contribution in [1.82, 2.24) is 5.43 Å². The van der Waals surface area contributed by atoms with Gasteiger partial charge in [0.15, 0.2) is 0 Å². The van der Waals surface area contributed by atoms with Crippen LogP contribution in [-0.4, -0.2) is 17.5 Å². The number of anilines is 1. The minimum absolute atomic E-state index is 0.00159. The van der Waals surface area contributed by atoms with E-state index in [9.17, 15) is 9.59 Å². The van der Waals surface area contributed by atoms with Crippen LogP contribution in [0, 0.1) is 0 Å². The summed E-state index contributed by atoms with van der Waals surface area (Å²) in [5, 5.41) is 7.21. The summed E-state index contributed by atoms with van der Waals surface area (Å²) in [6.45, 7) is 1.64. The fourth-order valence-corrected chi connectivity index (χ4v) is 2.65. The topological polar surface area (TPSA) is 70.6 Å². The van der Waals surface area contributed by atoms with Crippen LogP contribution in [0.2, 0.25) is 10.0 Å². The smallest absolute Gasteiger partial charge is 0.271 e. The molecule has 0 saturated carbocycles. The van der Waals surface area contributed by atoms with Crippen LogP contribution in [0.15, 0.2) is 52.0 Å². The highest BCUT2D eigenvalue weighted by Gasteiger charge is 2.10.